The molecule has 3 heterocycles. The fraction of sp³-hybridized carbons (Fsp3) is 0.778. The van der Waals surface area contributed by atoms with Crippen molar-refractivity contribution in [3.63, 3.8) is 0 Å². The number of rotatable bonds is 1. The first kappa shape index (κ1) is 19.6. The number of cyclic esters (lactones) is 1. The number of aliphatic hydroxyl groups is 2. The highest BCUT2D eigenvalue weighted by atomic mass is 35.5. The molecule has 26 heavy (non-hydrogen) atoms. The highest BCUT2D eigenvalue weighted by molar-refractivity contribution is 6.20. The Bertz CT molecular complexity index is 635. The quantitative estimate of drug-likeness (QED) is 0.383. The third kappa shape index (κ3) is 2.95. The Morgan fingerprint density at radius 2 is 1.96 bits per heavy atom. The average molecular weight is 388 g/mol. The highest BCUT2D eigenvalue weighted by Gasteiger charge is 2.54. The van der Waals surface area contributed by atoms with Crippen LogP contribution in [0.2, 0.25) is 0 Å². The Morgan fingerprint density at radius 3 is 2.62 bits per heavy atom. The average Bonchev–Trinajstić information content (AvgIpc) is 3.19. The summed E-state index contributed by atoms with van der Waals surface area (Å²) in [7, 11) is 0. The molecule has 0 saturated carbocycles. The molecule has 2 N–H and O–H groups in total. The molecule has 0 aromatic carbocycles. The van der Waals surface area contributed by atoms with E-state index in [0.717, 1.165) is 12.1 Å². The van der Waals surface area contributed by atoms with E-state index in [-0.39, 0.29) is 12.6 Å². The number of carbonyl (C=O) groups excluding carboxylic acids is 2. The molecule has 0 aromatic rings. The predicted molar refractivity (Wildman–Crippen MR) is 93.5 cm³/mol. The van der Waals surface area contributed by atoms with Crippen molar-refractivity contribution in [3.8, 4) is 0 Å². The lowest BCUT2D eigenvalue weighted by molar-refractivity contribution is -0.189. The van der Waals surface area contributed by atoms with Gasteiger partial charge in [-0.25, -0.2) is 9.59 Å². The van der Waals surface area contributed by atoms with Crippen LogP contribution in [-0.4, -0.2) is 76.0 Å². The van der Waals surface area contributed by atoms with E-state index >= 15 is 0 Å². The molecule has 0 bridgehead atoms. The van der Waals surface area contributed by atoms with E-state index in [4.69, 9.17) is 21.1 Å². The predicted octanol–water partition coefficient (Wildman–Crippen LogP) is 0.462. The molecule has 6 atom stereocenters. The number of ether oxygens (including phenoxy) is 2. The van der Waals surface area contributed by atoms with Crippen molar-refractivity contribution in [3.05, 3.63) is 11.6 Å². The number of alkyl halides is 1. The van der Waals surface area contributed by atoms with Gasteiger partial charge in [-0.2, -0.15) is 0 Å². The van der Waals surface area contributed by atoms with Crippen LogP contribution in [-0.2, 0) is 19.1 Å². The monoisotopic (exact) mass is 387 g/mol. The second-order valence-corrected chi connectivity index (χ2v) is 8.08. The van der Waals surface area contributed by atoms with Crippen LogP contribution in [0, 0.1) is 11.8 Å². The number of esters is 2. The fourth-order valence-electron chi connectivity index (χ4n) is 4.11. The zero-order chi connectivity index (χ0) is 19.3. The summed E-state index contributed by atoms with van der Waals surface area (Å²) in [6, 6.07) is -0.177. The van der Waals surface area contributed by atoms with E-state index < -0.39 is 47.0 Å². The summed E-state index contributed by atoms with van der Waals surface area (Å²) in [5.41, 5.74) is -3.05. The lowest BCUT2D eigenvalue weighted by atomic mass is 9.73. The van der Waals surface area contributed by atoms with Crippen molar-refractivity contribution >= 4 is 23.5 Å². The molecule has 2 saturated heterocycles. The Morgan fingerprint density at radius 1 is 1.27 bits per heavy atom. The molecule has 8 heteroatoms. The van der Waals surface area contributed by atoms with E-state index in [1.165, 1.54) is 6.92 Å². The molecule has 0 spiro atoms. The van der Waals surface area contributed by atoms with E-state index in [1.807, 2.05) is 6.08 Å². The SMILES string of the molecule is CC1C(C)C(O)(CCl)C(=O)OC2CCN3CC=C(COC(=O)C1(C)O)C23. The van der Waals surface area contributed by atoms with Gasteiger partial charge in [0.25, 0.3) is 0 Å². The molecule has 0 aliphatic carbocycles. The van der Waals surface area contributed by atoms with Gasteiger partial charge >= 0.3 is 11.9 Å². The highest BCUT2D eigenvalue weighted by Crippen LogP contribution is 2.38. The second kappa shape index (κ2) is 6.78. The van der Waals surface area contributed by atoms with Gasteiger partial charge in [-0.15, -0.1) is 11.6 Å². The fourth-order valence-corrected chi connectivity index (χ4v) is 4.46. The van der Waals surface area contributed by atoms with Gasteiger partial charge in [-0.3, -0.25) is 4.90 Å². The summed E-state index contributed by atoms with van der Waals surface area (Å²) < 4.78 is 11.0. The molecule has 146 valence electrons. The van der Waals surface area contributed by atoms with Crippen molar-refractivity contribution < 1.29 is 29.3 Å². The van der Waals surface area contributed by atoms with Gasteiger partial charge in [-0.05, 0) is 18.9 Å². The number of halogens is 1. The van der Waals surface area contributed by atoms with Crippen LogP contribution in [0.25, 0.3) is 0 Å². The molecule has 3 aliphatic heterocycles. The molecule has 0 radical (unpaired) electrons. The third-order valence-electron chi connectivity index (χ3n) is 6.40. The largest absolute Gasteiger partial charge is 0.459 e. The molecule has 7 nitrogen and oxygen atoms in total. The van der Waals surface area contributed by atoms with Crippen molar-refractivity contribution in [2.24, 2.45) is 11.8 Å². The standard InChI is InChI=1S/C18H26ClNO6/c1-10-11(2)18(24,9-19)16(22)26-13-5-7-20-6-4-12(14(13)20)8-25-15(21)17(10,3)23/h4,10-11,13-14,23-24H,5-9H2,1-3H3. The van der Waals surface area contributed by atoms with Gasteiger partial charge < -0.3 is 19.7 Å². The Labute approximate surface area is 157 Å². The maximum Gasteiger partial charge on any atom is 0.340 e. The summed E-state index contributed by atoms with van der Waals surface area (Å²) in [6.45, 7) is 5.97. The second-order valence-electron chi connectivity index (χ2n) is 7.81. The van der Waals surface area contributed by atoms with Crippen LogP contribution < -0.4 is 0 Å². The van der Waals surface area contributed by atoms with Crippen LogP contribution in [0.15, 0.2) is 11.6 Å². The maximum atomic E-state index is 12.8. The Hall–Kier alpha value is -1.15. The molecule has 3 rings (SSSR count). The molecule has 0 amide bonds. The van der Waals surface area contributed by atoms with Crippen molar-refractivity contribution in [1.82, 2.24) is 4.90 Å². The lowest BCUT2D eigenvalue weighted by Gasteiger charge is -2.40. The zero-order valence-corrected chi connectivity index (χ0v) is 16.0. The first-order valence-electron chi connectivity index (χ1n) is 8.95. The lowest BCUT2D eigenvalue weighted by Crippen LogP contribution is -2.57. The molecular weight excluding hydrogens is 362 g/mol. The van der Waals surface area contributed by atoms with Crippen LogP contribution >= 0.6 is 11.6 Å². The summed E-state index contributed by atoms with van der Waals surface area (Å²) >= 11 is 5.94. The van der Waals surface area contributed by atoms with Gasteiger partial charge in [0.2, 0.25) is 0 Å². The first-order chi connectivity index (χ1) is 12.1. The van der Waals surface area contributed by atoms with Crippen LogP contribution in [0.3, 0.4) is 0 Å². The number of nitrogens with zero attached hydrogens (tertiary/aromatic N) is 1. The summed E-state index contributed by atoms with van der Waals surface area (Å²) in [5, 5.41) is 21.7. The molecular formula is C18H26ClNO6. The van der Waals surface area contributed by atoms with Crippen LogP contribution in [0.5, 0.6) is 0 Å². The van der Waals surface area contributed by atoms with E-state index in [0.29, 0.717) is 13.0 Å². The van der Waals surface area contributed by atoms with Crippen molar-refractivity contribution in [2.45, 2.75) is 50.5 Å². The molecule has 6 unspecified atom stereocenters. The van der Waals surface area contributed by atoms with Gasteiger partial charge in [0.05, 0.1) is 11.9 Å². The minimum absolute atomic E-state index is 0.0467. The zero-order valence-electron chi connectivity index (χ0n) is 15.3. The first-order valence-corrected chi connectivity index (χ1v) is 9.48. The maximum absolute atomic E-state index is 12.8. The van der Waals surface area contributed by atoms with E-state index in [2.05, 4.69) is 4.90 Å². The number of hydrogen-bond acceptors (Lipinski definition) is 7. The van der Waals surface area contributed by atoms with Crippen LogP contribution in [0.4, 0.5) is 0 Å². The number of hydrogen-bond donors (Lipinski definition) is 2. The molecule has 0 aromatic heterocycles. The topological polar surface area (TPSA) is 96.3 Å². The minimum Gasteiger partial charge on any atom is -0.459 e. The normalized spacial score (nSPS) is 44.5. The molecule has 2 fully saturated rings. The summed E-state index contributed by atoms with van der Waals surface area (Å²) in [4.78, 5) is 27.5. The minimum atomic E-state index is -2.01. The van der Waals surface area contributed by atoms with Crippen molar-refractivity contribution in [2.75, 3.05) is 25.6 Å². The third-order valence-corrected chi connectivity index (χ3v) is 6.81. The van der Waals surface area contributed by atoms with Gasteiger partial charge in [0.1, 0.15) is 12.7 Å². The van der Waals surface area contributed by atoms with E-state index in [1.54, 1.807) is 13.8 Å². The summed E-state index contributed by atoms with van der Waals surface area (Å²) in [6.07, 6.45) is 2.17. The Kier molecular flexibility index (Phi) is 5.11. The van der Waals surface area contributed by atoms with Gasteiger partial charge in [0.15, 0.2) is 11.2 Å². The van der Waals surface area contributed by atoms with E-state index in [9.17, 15) is 19.8 Å². The Balaban J connectivity index is 1.99. The van der Waals surface area contributed by atoms with Gasteiger partial charge in [0, 0.05) is 24.9 Å². The number of carbonyl (C=O) groups is 2. The smallest absolute Gasteiger partial charge is 0.340 e. The molecule has 3 aliphatic rings. The van der Waals surface area contributed by atoms with Crippen LogP contribution in [0.1, 0.15) is 27.2 Å². The van der Waals surface area contributed by atoms with Gasteiger partial charge in [-0.1, -0.05) is 19.9 Å². The summed E-state index contributed by atoms with van der Waals surface area (Å²) in [5.74, 6) is -3.61. The van der Waals surface area contributed by atoms with Crippen molar-refractivity contribution in [1.29, 1.82) is 0 Å².